The second kappa shape index (κ2) is 18.7. The number of benzene rings is 2. The Balaban J connectivity index is 1.32. The highest BCUT2D eigenvalue weighted by molar-refractivity contribution is 7.99. The number of carboxylic acids is 2. The average Bonchev–Trinajstić information content (AvgIpc) is 3.12. The summed E-state index contributed by atoms with van der Waals surface area (Å²) < 4.78 is 0. The van der Waals surface area contributed by atoms with Crippen LogP contribution in [0, 0.1) is 11.8 Å². The second-order valence-electron chi connectivity index (χ2n) is 11.8. The summed E-state index contributed by atoms with van der Waals surface area (Å²) >= 11 is 27.6. The molecule has 17 heteroatoms. The first kappa shape index (κ1) is 40.0. The van der Waals surface area contributed by atoms with Crippen LogP contribution >= 0.6 is 58.2 Å². The van der Waals surface area contributed by atoms with E-state index in [9.17, 15) is 28.8 Å². The van der Waals surface area contributed by atoms with Gasteiger partial charge in [-0.25, -0.2) is 0 Å². The highest BCUT2D eigenvalue weighted by atomic mass is 35.5. The molecule has 0 atom stereocenters. The molecule has 4 N–H and O–H groups in total. The van der Waals surface area contributed by atoms with Gasteiger partial charge in [0.05, 0.1) is 20.1 Å². The molecule has 272 valence electrons. The molecule has 51 heavy (non-hydrogen) atoms. The molecule has 2 heterocycles. The van der Waals surface area contributed by atoms with Crippen molar-refractivity contribution in [2.24, 2.45) is 11.8 Å². The molecule has 12 nitrogen and oxygen atoms in total. The number of carbonyl (C=O) groups is 6. The van der Waals surface area contributed by atoms with E-state index in [0.29, 0.717) is 72.8 Å². The molecule has 0 saturated carbocycles. The van der Waals surface area contributed by atoms with Gasteiger partial charge < -0.3 is 30.6 Å². The Morgan fingerprint density at radius 1 is 0.627 bits per heavy atom. The zero-order chi connectivity index (χ0) is 37.2. The number of hydrogen-bond donors (Lipinski definition) is 4. The first-order chi connectivity index (χ1) is 24.2. The Bertz CT molecular complexity index is 1630. The predicted molar refractivity (Wildman–Crippen MR) is 195 cm³/mol. The van der Waals surface area contributed by atoms with Crippen molar-refractivity contribution in [1.82, 2.24) is 20.4 Å². The van der Waals surface area contributed by atoms with Crippen LogP contribution in [0.1, 0.15) is 36.8 Å². The van der Waals surface area contributed by atoms with Gasteiger partial charge in [0.15, 0.2) is 0 Å². The van der Waals surface area contributed by atoms with Crippen LogP contribution in [0.15, 0.2) is 46.2 Å². The summed E-state index contributed by atoms with van der Waals surface area (Å²) in [5, 5.41) is 23.2. The van der Waals surface area contributed by atoms with Gasteiger partial charge in [-0.2, -0.15) is 0 Å². The smallest absolute Gasteiger partial charge is 0.322 e. The molecular weight excluding hydrogens is 766 g/mol. The fraction of sp³-hybridized carbons (Fsp3) is 0.353. The van der Waals surface area contributed by atoms with Crippen LogP contribution < -0.4 is 10.6 Å². The lowest BCUT2D eigenvalue weighted by molar-refractivity contribution is -0.139. The van der Waals surface area contributed by atoms with Crippen LogP contribution in [-0.2, 0) is 28.8 Å². The molecule has 0 aromatic heterocycles. The third-order valence-corrected chi connectivity index (χ3v) is 11.5. The van der Waals surface area contributed by atoms with E-state index in [1.807, 2.05) is 0 Å². The molecule has 0 radical (unpaired) electrons. The number of likely N-dealkylation sites (tertiary alicyclic amines) is 2. The van der Waals surface area contributed by atoms with Crippen molar-refractivity contribution in [3.8, 4) is 0 Å². The maximum Gasteiger partial charge on any atom is 0.322 e. The lowest BCUT2D eigenvalue weighted by Gasteiger charge is -2.30. The fourth-order valence-corrected chi connectivity index (χ4v) is 7.53. The summed E-state index contributed by atoms with van der Waals surface area (Å²) in [6.07, 6.45) is 7.58. The summed E-state index contributed by atoms with van der Waals surface area (Å²) in [4.78, 5) is 75.6. The maximum absolute atomic E-state index is 12.8. The normalized spacial score (nSPS) is 15.7. The minimum Gasteiger partial charge on any atom is -0.480 e. The molecule has 0 unspecified atom stereocenters. The van der Waals surface area contributed by atoms with E-state index < -0.39 is 25.0 Å². The molecule has 2 aromatic carbocycles. The van der Waals surface area contributed by atoms with Crippen LogP contribution in [0.3, 0.4) is 0 Å². The zero-order valence-corrected chi connectivity index (χ0v) is 30.8. The number of piperidine rings is 2. The van der Waals surface area contributed by atoms with E-state index >= 15 is 0 Å². The average molecular weight is 801 g/mol. The quantitative estimate of drug-likeness (QED) is 0.206. The van der Waals surface area contributed by atoms with Crippen LogP contribution in [0.25, 0.3) is 12.2 Å². The molecule has 2 aliphatic heterocycles. The molecule has 2 aliphatic rings. The highest BCUT2D eigenvalue weighted by Gasteiger charge is 2.28. The van der Waals surface area contributed by atoms with Crippen LogP contribution in [0.2, 0.25) is 20.1 Å². The first-order valence-corrected chi connectivity index (χ1v) is 18.1. The second-order valence-corrected chi connectivity index (χ2v) is 14.3. The molecule has 2 aromatic rings. The van der Waals surface area contributed by atoms with E-state index in [-0.39, 0.29) is 55.6 Å². The molecule has 4 rings (SSSR count). The number of amides is 4. The summed E-state index contributed by atoms with van der Waals surface area (Å²) in [7, 11) is 0. The number of nitrogens with one attached hydrogen (secondary N) is 2. The van der Waals surface area contributed by atoms with Crippen molar-refractivity contribution in [2.75, 3.05) is 39.3 Å². The minimum absolute atomic E-state index is 0.227. The lowest BCUT2D eigenvalue weighted by Crippen LogP contribution is -2.43. The van der Waals surface area contributed by atoms with E-state index in [4.69, 9.17) is 56.6 Å². The van der Waals surface area contributed by atoms with Crippen molar-refractivity contribution in [3.05, 3.63) is 67.6 Å². The molecule has 4 amide bonds. The van der Waals surface area contributed by atoms with E-state index in [1.165, 1.54) is 23.9 Å². The summed E-state index contributed by atoms with van der Waals surface area (Å²) in [5.41, 5.74) is 1.03. The first-order valence-electron chi connectivity index (χ1n) is 15.8. The highest BCUT2D eigenvalue weighted by Crippen LogP contribution is 2.44. The van der Waals surface area contributed by atoms with Gasteiger partial charge >= 0.3 is 11.9 Å². The van der Waals surface area contributed by atoms with Crippen molar-refractivity contribution in [2.45, 2.75) is 35.5 Å². The molecule has 0 aliphatic carbocycles. The fourth-order valence-electron chi connectivity index (χ4n) is 5.50. The largest absolute Gasteiger partial charge is 0.480 e. The van der Waals surface area contributed by atoms with Crippen molar-refractivity contribution < 1.29 is 39.0 Å². The maximum atomic E-state index is 12.8. The molecule has 2 saturated heterocycles. The lowest BCUT2D eigenvalue weighted by atomic mass is 9.96. The number of nitrogens with zero attached hydrogens (tertiary/aromatic N) is 2. The molecule has 2 fully saturated rings. The number of rotatable bonds is 12. The van der Waals surface area contributed by atoms with Crippen LogP contribution in [0.5, 0.6) is 0 Å². The monoisotopic (exact) mass is 798 g/mol. The summed E-state index contributed by atoms with van der Waals surface area (Å²) in [5.74, 6) is -4.13. The van der Waals surface area contributed by atoms with Gasteiger partial charge in [0, 0.05) is 60.0 Å². The van der Waals surface area contributed by atoms with Crippen LogP contribution in [-0.4, -0.2) is 94.8 Å². The van der Waals surface area contributed by atoms with E-state index in [2.05, 4.69) is 10.6 Å². The molecule has 0 spiro atoms. The van der Waals surface area contributed by atoms with E-state index in [1.54, 1.807) is 46.2 Å². The third kappa shape index (κ3) is 11.1. The predicted octanol–water partition coefficient (Wildman–Crippen LogP) is 5.36. The summed E-state index contributed by atoms with van der Waals surface area (Å²) in [6, 6.07) is 6.89. The van der Waals surface area contributed by atoms with Gasteiger partial charge in [-0.1, -0.05) is 70.3 Å². The Hall–Kier alpha value is -3.75. The zero-order valence-electron chi connectivity index (χ0n) is 27.0. The van der Waals surface area contributed by atoms with Crippen molar-refractivity contribution in [1.29, 1.82) is 0 Å². The van der Waals surface area contributed by atoms with Crippen LogP contribution in [0.4, 0.5) is 0 Å². The molecular formula is C34H34Cl4N4O8S. The number of carbonyl (C=O) groups excluding carboxylic acids is 4. The number of halogens is 4. The van der Waals surface area contributed by atoms with E-state index in [0.717, 1.165) is 0 Å². The summed E-state index contributed by atoms with van der Waals surface area (Å²) in [6.45, 7) is 0.528. The standard InChI is InChI=1S/C34H34Cl4N4O8S/c35-29-19(3-7-25(43)41-13-9-21(10-14-41)33(49)39-17-27(45)46)1-5-23(31(29)37)51-24-6-2-20(30(36)32(24)38)4-8-26(44)42-15-11-22(12-16-42)34(50)40-18-28(47)48/h1-8,21-22H,9-18H2,(H,39,49)(H,40,50)(H,45,46)(H,47,48)/b7-3+,8-4+. The van der Waals surface area contributed by atoms with Gasteiger partial charge in [0.25, 0.3) is 0 Å². The SMILES string of the molecule is O=C(O)CNC(=O)C1CCN(C(=O)/C=C/c2ccc(Sc3ccc(/C=C/C(=O)N4CCC(C(=O)NCC(=O)O)CC4)c(Cl)c3Cl)c(Cl)c2Cl)CC1. The number of aliphatic carboxylic acids is 2. The number of hydrogen-bond acceptors (Lipinski definition) is 7. The Kier molecular flexibility index (Phi) is 14.6. The Morgan fingerprint density at radius 2 is 0.980 bits per heavy atom. The van der Waals surface area contributed by atoms with Gasteiger partial charge in [-0.05, 0) is 61.1 Å². The van der Waals surface area contributed by atoms with Gasteiger partial charge in [-0.15, -0.1) is 0 Å². The Labute approximate surface area is 318 Å². The Morgan fingerprint density at radius 3 is 1.31 bits per heavy atom. The van der Waals surface area contributed by atoms with Gasteiger partial charge in [0.2, 0.25) is 23.6 Å². The topological polar surface area (TPSA) is 173 Å². The van der Waals surface area contributed by atoms with Crippen molar-refractivity contribution in [3.63, 3.8) is 0 Å². The van der Waals surface area contributed by atoms with Gasteiger partial charge in [-0.3, -0.25) is 28.8 Å². The number of carboxylic acid groups (broad SMARTS) is 2. The van der Waals surface area contributed by atoms with Crippen molar-refractivity contribution >= 4 is 106 Å². The minimum atomic E-state index is -1.12. The molecule has 0 bridgehead atoms. The van der Waals surface area contributed by atoms with Gasteiger partial charge in [0.1, 0.15) is 13.1 Å². The third-order valence-electron chi connectivity index (χ3n) is 8.37.